The van der Waals surface area contributed by atoms with E-state index in [1.165, 1.54) is 0 Å². The molecule has 2 aliphatic heterocycles. The predicted molar refractivity (Wildman–Crippen MR) is 99.5 cm³/mol. The summed E-state index contributed by atoms with van der Waals surface area (Å²) in [6.07, 6.45) is 2.87. The van der Waals surface area contributed by atoms with E-state index in [-0.39, 0.29) is 17.9 Å². The maximum absolute atomic E-state index is 12.9. The van der Waals surface area contributed by atoms with Crippen LogP contribution in [0, 0.1) is 12.3 Å². The number of rotatable bonds is 4. The standard InChI is InChI=1S/C20H26N4O2/c1-15-18(22-17-6-3-2-5-16(17)21-15)13-23-10-8-20(14-23)7-4-9-24(11-12-25)19(20)26/h2-3,5-6,25H,4,7-14H2,1H3. The second kappa shape index (κ2) is 6.93. The Balaban J connectivity index is 1.51. The number of aryl methyl sites for hydroxylation is 1. The fourth-order valence-electron chi connectivity index (χ4n) is 4.44. The number of aliphatic hydroxyl groups is 1. The van der Waals surface area contributed by atoms with Crippen LogP contribution in [0.4, 0.5) is 0 Å². The molecule has 2 aromatic rings. The number of carbonyl (C=O) groups excluding carboxylic acids is 1. The van der Waals surface area contributed by atoms with Gasteiger partial charge in [0.2, 0.25) is 5.91 Å². The van der Waals surface area contributed by atoms with Crippen molar-refractivity contribution in [3.05, 3.63) is 35.7 Å². The Morgan fingerprint density at radius 2 is 1.92 bits per heavy atom. The molecule has 1 N–H and O–H groups in total. The summed E-state index contributed by atoms with van der Waals surface area (Å²) < 4.78 is 0. The van der Waals surface area contributed by atoms with E-state index < -0.39 is 0 Å². The third kappa shape index (κ3) is 3.08. The zero-order chi connectivity index (χ0) is 18.1. The van der Waals surface area contributed by atoms with Gasteiger partial charge in [-0.2, -0.15) is 0 Å². The molecule has 1 aromatic carbocycles. The molecule has 0 bridgehead atoms. The summed E-state index contributed by atoms with van der Waals surface area (Å²) in [6, 6.07) is 7.94. The van der Waals surface area contributed by atoms with Crippen molar-refractivity contribution in [1.29, 1.82) is 0 Å². The van der Waals surface area contributed by atoms with Crippen molar-refractivity contribution in [1.82, 2.24) is 19.8 Å². The molecule has 1 unspecified atom stereocenters. The van der Waals surface area contributed by atoms with Gasteiger partial charge in [0.1, 0.15) is 0 Å². The Kier molecular flexibility index (Phi) is 4.63. The minimum Gasteiger partial charge on any atom is -0.395 e. The number of nitrogens with zero attached hydrogens (tertiary/aromatic N) is 4. The van der Waals surface area contributed by atoms with E-state index in [1.54, 1.807) is 0 Å². The second-order valence-electron chi connectivity index (χ2n) is 7.60. The van der Waals surface area contributed by atoms with Gasteiger partial charge in [-0.1, -0.05) is 12.1 Å². The van der Waals surface area contributed by atoms with Crippen LogP contribution in [0.2, 0.25) is 0 Å². The Morgan fingerprint density at radius 3 is 2.69 bits per heavy atom. The maximum atomic E-state index is 12.9. The molecule has 0 saturated carbocycles. The van der Waals surface area contributed by atoms with Gasteiger partial charge in [0.25, 0.3) is 0 Å². The number of aromatic nitrogens is 2. The quantitative estimate of drug-likeness (QED) is 0.906. The highest BCUT2D eigenvalue weighted by Crippen LogP contribution is 2.40. The first-order valence-corrected chi connectivity index (χ1v) is 9.46. The van der Waals surface area contributed by atoms with Crippen LogP contribution >= 0.6 is 0 Å². The van der Waals surface area contributed by atoms with Gasteiger partial charge in [-0.3, -0.25) is 9.69 Å². The molecule has 1 spiro atoms. The van der Waals surface area contributed by atoms with Crippen LogP contribution in [-0.2, 0) is 11.3 Å². The summed E-state index contributed by atoms with van der Waals surface area (Å²) in [5.41, 5.74) is 3.53. The lowest BCUT2D eigenvalue weighted by Crippen LogP contribution is -2.50. The highest BCUT2D eigenvalue weighted by Gasteiger charge is 2.48. The summed E-state index contributed by atoms with van der Waals surface area (Å²) >= 11 is 0. The average molecular weight is 354 g/mol. The molecule has 1 atom stereocenters. The Hall–Kier alpha value is -2.05. The van der Waals surface area contributed by atoms with Gasteiger partial charge < -0.3 is 10.0 Å². The molecule has 6 nitrogen and oxygen atoms in total. The van der Waals surface area contributed by atoms with Crippen LogP contribution in [0.1, 0.15) is 30.7 Å². The van der Waals surface area contributed by atoms with Gasteiger partial charge in [0.15, 0.2) is 0 Å². The number of amides is 1. The van der Waals surface area contributed by atoms with Gasteiger partial charge in [-0.05, 0) is 44.9 Å². The average Bonchev–Trinajstić information content (AvgIpc) is 3.04. The van der Waals surface area contributed by atoms with Crippen molar-refractivity contribution in [2.45, 2.75) is 32.7 Å². The molecule has 0 radical (unpaired) electrons. The molecule has 1 amide bonds. The normalized spacial score (nSPS) is 24.1. The lowest BCUT2D eigenvalue weighted by Gasteiger charge is -2.39. The predicted octanol–water partition coefficient (Wildman–Crippen LogP) is 1.75. The molecule has 1 aromatic heterocycles. The van der Waals surface area contributed by atoms with Crippen molar-refractivity contribution in [2.75, 3.05) is 32.8 Å². The molecule has 3 heterocycles. The van der Waals surface area contributed by atoms with Crippen molar-refractivity contribution >= 4 is 16.9 Å². The van der Waals surface area contributed by atoms with Crippen LogP contribution in [-0.4, -0.2) is 63.6 Å². The summed E-state index contributed by atoms with van der Waals surface area (Å²) in [5.74, 6) is 0.224. The van der Waals surface area contributed by atoms with Crippen molar-refractivity contribution in [3.63, 3.8) is 0 Å². The molecular formula is C20H26N4O2. The monoisotopic (exact) mass is 354 g/mol. The minimum atomic E-state index is -0.272. The van der Waals surface area contributed by atoms with Crippen LogP contribution in [0.15, 0.2) is 24.3 Å². The van der Waals surface area contributed by atoms with E-state index >= 15 is 0 Å². The summed E-state index contributed by atoms with van der Waals surface area (Å²) in [4.78, 5) is 26.6. The zero-order valence-electron chi connectivity index (χ0n) is 15.3. The number of aliphatic hydroxyl groups excluding tert-OH is 1. The lowest BCUT2D eigenvalue weighted by atomic mass is 9.78. The highest BCUT2D eigenvalue weighted by atomic mass is 16.3. The van der Waals surface area contributed by atoms with Crippen LogP contribution in [0.5, 0.6) is 0 Å². The Labute approximate surface area is 153 Å². The fourth-order valence-corrected chi connectivity index (χ4v) is 4.44. The SMILES string of the molecule is Cc1nc2ccccc2nc1CN1CCC2(CCCN(CCO)C2=O)C1. The van der Waals surface area contributed by atoms with Crippen molar-refractivity contribution in [3.8, 4) is 0 Å². The molecule has 0 aliphatic carbocycles. The number of benzene rings is 1. The Bertz CT molecular complexity index is 823. The van der Waals surface area contributed by atoms with Crippen LogP contribution in [0.25, 0.3) is 11.0 Å². The Morgan fingerprint density at radius 1 is 1.15 bits per heavy atom. The summed E-state index contributed by atoms with van der Waals surface area (Å²) in [7, 11) is 0. The first kappa shape index (κ1) is 17.4. The molecule has 2 fully saturated rings. The fraction of sp³-hybridized carbons (Fsp3) is 0.550. The van der Waals surface area contributed by atoms with Gasteiger partial charge in [0.05, 0.1) is 34.4 Å². The number of hydrogen-bond acceptors (Lipinski definition) is 5. The van der Waals surface area contributed by atoms with Gasteiger partial charge in [-0.25, -0.2) is 9.97 Å². The first-order chi connectivity index (χ1) is 12.6. The van der Waals surface area contributed by atoms with E-state index in [4.69, 9.17) is 4.98 Å². The maximum Gasteiger partial charge on any atom is 0.230 e. The molecule has 2 saturated heterocycles. The topological polar surface area (TPSA) is 69.6 Å². The number of para-hydroxylation sites is 2. The van der Waals surface area contributed by atoms with E-state index in [1.807, 2.05) is 36.1 Å². The zero-order valence-corrected chi connectivity index (χ0v) is 15.3. The van der Waals surface area contributed by atoms with Gasteiger partial charge >= 0.3 is 0 Å². The number of likely N-dealkylation sites (tertiary alicyclic amines) is 2. The minimum absolute atomic E-state index is 0.0391. The highest BCUT2D eigenvalue weighted by molar-refractivity contribution is 5.84. The van der Waals surface area contributed by atoms with Gasteiger partial charge in [0, 0.05) is 26.2 Å². The van der Waals surface area contributed by atoms with Crippen LogP contribution < -0.4 is 0 Å². The summed E-state index contributed by atoms with van der Waals surface area (Å²) in [6.45, 7) is 5.70. The number of hydrogen-bond donors (Lipinski definition) is 1. The van der Waals surface area contributed by atoms with Crippen LogP contribution in [0.3, 0.4) is 0 Å². The van der Waals surface area contributed by atoms with Gasteiger partial charge in [-0.15, -0.1) is 0 Å². The van der Waals surface area contributed by atoms with Crippen molar-refractivity contribution < 1.29 is 9.90 Å². The van der Waals surface area contributed by atoms with E-state index in [2.05, 4.69) is 9.88 Å². The molecule has 2 aliphatic rings. The van der Waals surface area contributed by atoms with E-state index in [9.17, 15) is 9.90 Å². The third-order valence-electron chi connectivity index (χ3n) is 5.84. The largest absolute Gasteiger partial charge is 0.395 e. The number of piperidine rings is 1. The smallest absolute Gasteiger partial charge is 0.230 e. The van der Waals surface area contributed by atoms with Crippen molar-refractivity contribution in [2.24, 2.45) is 5.41 Å². The number of fused-ring (bicyclic) bond motifs is 1. The molecule has 138 valence electrons. The molecular weight excluding hydrogens is 328 g/mol. The number of carbonyl (C=O) groups is 1. The molecule has 6 heteroatoms. The van der Waals surface area contributed by atoms with E-state index in [0.29, 0.717) is 6.54 Å². The first-order valence-electron chi connectivity index (χ1n) is 9.46. The molecule has 26 heavy (non-hydrogen) atoms. The van der Waals surface area contributed by atoms with E-state index in [0.717, 1.165) is 67.9 Å². The summed E-state index contributed by atoms with van der Waals surface area (Å²) in [5, 5.41) is 9.21. The molecule has 4 rings (SSSR count). The third-order valence-corrected chi connectivity index (χ3v) is 5.84. The number of β-amino-alcohol motifs (C(OH)–C–C–N with tert-alkyl or cyclic N) is 1. The lowest BCUT2D eigenvalue weighted by molar-refractivity contribution is -0.146. The second-order valence-corrected chi connectivity index (χ2v) is 7.60.